The molecule has 2 nitrogen and oxygen atoms in total. The van der Waals surface area contributed by atoms with Crippen molar-refractivity contribution in [1.82, 2.24) is 4.98 Å². The molecule has 4 aliphatic carbocycles. The highest BCUT2D eigenvalue weighted by molar-refractivity contribution is 5.72. The van der Waals surface area contributed by atoms with E-state index in [9.17, 15) is 4.39 Å². The van der Waals surface area contributed by atoms with Crippen molar-refractivity contribution >= 4 is 5.57 Å². The molecule has 5 rings (SSSR count). The summed E-state index contributed by atoms with van der Waals surface area (Å²) in [4.78, 5) is 4.14. The first-order chi connectivity index (χ1) is 14.7. The first kappa shape index (κ1) is 23.0. The van der Waals surface area contributed by atoms with E-state index in [1.54, 1.807) is 19.9 Å². The Morgan fingerprint density at radius 1 is 1.03 bits per heavy atom. The quantitative estimate of drug-likeness (QED) is 0.511. The molecular weight excluding hydrogens is 385 g/mol. The van der Waals surface area contributed by atoms with Gasteiger partial charge in [-0.25, -0.2) is 4.39 Å². The maximum Gasteiger partial charge on any atom is 0.142 e. The Kier molecular flexibility index (Phi) is 6.38. The minimum Gasteiger partial charge on any atom is -0.394 e. The molecule has 3 fully saturated rings. The third-order valence-corrected chi connectivity index (χ3v) is 9.60. The largest absolute Gasteiger partial charge is 0.394 e. The molecule has 1 N–H and O–H groups in total. The predicted molar refractivity (Wildman–Crippen MR) is 126 cm³/mol. The zero-order valence-corrected chi connectivity index (χ0v) is 20.2. The van der Waals surface area contributed by atoms with Gasteiger partial charge in [0, 0.05) is 12.3 Å². The van der Waals surface area contributed by atoms with Gasteiger partial charge in [0.2, 0.25) is 0 Å². The first-order valence-corrected chi connectivity index (χ1v) is 12.7. The van der Waals surface area contributed by atoms with E-state index in [2.05, 4.69) is 31.8 Å². The van der Waals surface area contributed by atoms with E-state index in [4.69, 9.17) is 5.11 Å². The van der Waals surface area contributed by atoms with Crippen LogP contribution in [0.2, 0.25) is 0 Å². The van der Waals surface area contributed by atoms with Crippen LogP contribution in [-0.4, -0.2) is 16.2 Å². The lowest BCUT2D eigenvalue weighted by Gasteiger charge is -2.61. The topological polar surface area (TPSA) is 33.1 Å². The van der Waals surface area contributed by atoms with Gasteiger partial charge in [0.1, 0.15) is 5.82 Å². The summed E-state index contributed by atoms with van der Waals surface area (Å²) in [6.45, 7) is 11.1. The highest BCUT2D eigenvalue weighted by Gasteiger charge is 2.58. The van der Waals surface area contributed by atoms with Crippen LogP contribution in [-0.2, 0) is 0 Å². The maximum atomic E-state index is 13.8. The van der Waals surface area contributed by atoms with Crippen molar-refractivity contribution in [2.24, 2.45) is 40.4 Å². The van der Waals surface area contributed by atoms with Gasteiger partial charge in [-0.1, -0.05) is 39.7 Å². The van der Waals surface area contributed by atoms with Gasteiger partial charge in [0.15, 0.2) is 0 Å². The molecular formula is C28H42FNO. The summed E-state index contributed by atoms with van der Waals surface area (Å²) in [6.07, 6.45) is 16.4. The lowest BCUT2D eigenvalue weighted by molar-refractivity contribution is -0.111. The minimum atomic E-state index is -0.210. The average Bonchev–Trinajstić information content (AvgIpc) is 3.05. The molecule has 7 unspecified atom stereocenters. The number of nitrogens with zero attached hydrogens (tertiary/aromatic N) is 1. The zero-order valence-electron chi connectivity index (χ0n) is 20.2. The Morgan fingerprint density at radius 2 is 1.77 bits per heavy atom. The Balaban J connectivity index is 0.000000535. The number of hydrogen-bond donors (Lipinski definition) is 1. The summed E-state index contributed by atoms with van der Waals surface area (Å²) in [5, 5.41) is 8.06. The van der Waals surface area contributed by atoms with Gasteiger partial charge in [-0.05, 0) is 110 Å². The highest BCUT2D eigenvalue weighted by Crippen LogP contribution is 2.68. The average molecular weight is 428 g/mol. The smallest absolute Gasteiger partial charge is 0.142 e. The first-order valence-electron chi connectivity index (χ1n) is 12.7. The number of allylic oxidation sites excluding steroid dienone is 2. The molecule has 0 aromatic carbocycles. The molecule has 0 radical (unpaired) electrons. The molecule has 3 heteroatoms. The fourth-order valence-corrected chi connectivity index (χ4v) is 8.37. The summed E-state index contributed by atoms with van der Waals surface area (Å²) >= 11 is 0. The van der Waals surface area contributed by atoms with Gasteiger partial charge in [-0.3, -0.25) is 4.98 Å². The van der Waals surface area contributed by atoms with Gasteiger partial charge in [0.05, 0.1) is 6.20 Å². The highest BCUT2D eigenvalue weighted by atomic mass is 19.1. The number of pyridine rings is 1. The van der Waals surface area contributed by atoms with E-state index in [0.29, 0.717) is 5.41 Å². The van der Waals surface area contributed by atoms with Crippen LogP contribution < -0.4 is 0 Å². The van der Waals surface area contributed by atoms with Crippen LogP contribution in [0.4, 0.5) is 4.39 Å². The van der Waals surface area contributed by atoms with Crippen LogP contribution in [0, 0.1) is 46.2 Å². The van der Waals surface area contributed by atoms with Crippen LogP contribution in [0.1, 0.15) is 91.5 Å². The van der Waals surface area contributed by atoms with E-state index in [1.807, 2.05) is 6.20 Å². The van der Waals surface area contributed by atoms with Crippen molar-refractivity contribution in [3.63, 3.8) is 0 Å². The third kappa shape index (κ3) is 4.01. The van der Waals surface area contributed by atoms with Crippen molar-refractivity contribution in [2.45, 2.75) is 92.1 Å². The van der Waals surface area contributed by atoms with E-state index < -0.39 is 0 Å². The van der Waals surface area contributed by atoms with E-state index >= 15 is 0 Å². The van der Waals surface area contributed by atoms with Crippen LogP contribution >= 0.6 is 0 Å². The number of hydrogen-bond acceptors (Lipinski definition) is 2. The van der Waals surface area contributed by atoms with Crippen LogP contribution in [0.25, 0.3) is 5.57 Å². The summed E-state index contributed by atoms with van der Waals surface area (Å²) in [5.41, 5.74) is 3.16. The summed E-state index contributed by atoms with van der Waals surface area (Å²) in [5.74, 6) is 4.13. The lowest BCUT2D eigenvalue weighted by atomic mass is 9.43. The van der Waals surface area contributed by atoms with Gasteiger partial charge >= 0.3 is 0 Å². The number of aliphatic hydroxyl groups is 1. The van der Waals surface area contributed by atoms with Crippen molar-refractivity contribution < 1.29 is 9.50 Å². The number of rotatable bonds is 1. The van der Waals surface area contributed by atoms with Crippen LogP contribution in [0.3, 0.4) is 0 Å². The van der Waals surface area contributed by atoms with Gasteiger partial charge in [-0.15, -0.1) is 0 Å². The normalized spacial score (nSPS) is 41.4. The van der Waals surface area contributed by atoms with Crippen molar-refractivity contribution in [1.29, 1.82) is 0 Å². The van der Waals surface area contributed by atoms with Crippen molar-refractivity contribution in [3.05, 3.63) is 35.9 Å². The molecule has 0 saturated heterocycles. The molecule has 4 aliphatic rings. The molecule has 0 amide bonds. The van der Waals surface area contributed by atoms with Gasteiger partial charge in [0.25, 0.3) is 0 Å². The monoisotopic (exact) mass is 427 g/mol. The molecule has 31 heavy (non-hydrogen) atoms. The Hall–Kier alpha value is -1.22. The summed E-state index contributed by atoms with van der Waals surface area (Å²) in [6, 6.07) is 1.69. The number of aliphatic hydroxyl groups excluding tert-OH is 1. The Labute approximate surface area is 188 Å². The molecule has 7 atom stereocenters. The maximum absolute atomic E-state index is 13.8. The molecule has 0 spiro atoms. The molecule has 3 saturated carbocycles. The second kappa shape index (κ2) is 8.61. The second-order valence-corrected chi connectivity index (χ2v) is 11.7. The molecule has 0 bridgehead atoms. The third-order valence-electron chi connectivity index (χ3n) is 9.60. The van der Waals surface area contributed by atoms with Gasteiger partial charge < -0.3 is 5.11 Å². The molecule has 1 aromatic rings. The number of fused-ring (bicyclic) bond motifs is 5. The summed E-state index contributed by atoms with van der Waals surface area (Å²) in [7, 11) is 0. The lowest BCUT2D eigenvalue weighted by Crippen LogP contribution is -2.53. The molecule has 1 heterocycles. The van der Waals surface area contributed by atoms with Crippen LogP contribution in [0.5, 0.6) is 0 Å². The van der Waals surface area contributed by atoms with E-state index in [0.717, 1.165) is 35.2 Å². The zero-order chi connectivity index (χ0) is 22.4. The molecule has 172 valence electrons. The Bertz CT molecular complexity index is 816. The number of halogens is 1. The Morgan fingerprint density at radius 3 is 2.48 bits per heavy atom. The summed E-state index contributed by atoms with van der Waals surface area (Å²) < 4.78 is 13.8. The van der Waals surface area contributed by atoms with Crippen molar-refractivity contribution in [2.75, 3.05) is 0 Å². The predicted octanol–water partition coefficient (Wildman–Crippen LogP) is 7.28. The van der Waals surface area contributed by atoms with Crippen molar-refractivity contribution in [3.8, 4) is 0 Å². The SMILES string of the molecule is CC(C)O.CC1CCCC2(C)C1CCC1C3CC=C(c4cncc(F)c4)C3(C)CCC12. The van der Waals surface area contributed by atoms with Crippen LogP contribution in [0.15, 0.2) is 24.5 Å². The standard InChI is InChI=1S/C25H34FN.C3H8O/c1-16-5-4-11-24(2)20(16)7-6-19-22-9-8-21(17-13-18(26)15-27-14-17)25(22,3)12-10-23(19)24;1-3(2)4/h8,13-16,19-20,22-23H,4-7,9-12H2,1-3H3;3-4H,1-2H3. The number of aromatic nitrogens is 1. The van der Waals surface area contributed by atoms with Gasteiger partial charge in [-0.2, -0.15) is 0 Å². The molecule has 0 aliphatic heterocycles. The fraction of sp³-hybridized carbons (Fsp3) is 0.750. The van der Waals surface area contributed by atoms with E-state index in [-0.39, 0.29) is 17.3 Å². The minimum absolute atomic E-state index is 0.167. The molecule has 1 aromatic heterocycles. The fourth-order valence-electron chi connectivity index (χ4n) is 8.37. The second-order valence-electron chi connectivity index (χ2n) is 11.7. The van der Waals surface area contributed by atoms with E-state index in [1.165, 1.54) is 63.1 Å².